The van der Waals surface area contributed by atoms with Crippen LogP contribution in [0.3, 0.4) is 0 Å². The molecule has 0 bridgehead atoms. The first-order chi connectivity index (χ1) is 7.24. The molecule has 0 aliphatic carbocycles. The van der Waals surface area contributed by atoms with Gasteiger partial charge >= 0.3 is 0 Å². The van der Waals surface area contributed by atoms with Gasteiger partial charge in [-0.25, -0.2) is 0 Å². The first-order valence-corrected chi connectivity index (χ1v) is 4.86. The Morgan fingerprint density at radius 3 is 2.80 bits per heavy atom. The number of hydrogen-bond donors (Lipinski definition) is 1. The Balaban J connectivity index is 2.54. The summed E-state index contributed by atoms with van der Waals surface area (Å²) in [6.07, 6.45) is 0. The highest BCUT2D eigenvalue weighted by molar-refractivity contribution is 5.81. The van der Waals surface area contributed by atoms with Crippen LogP contribution in [-0.2, 0) is 18.0 Å². The third-order valence-corrected chi connectivity index (χ3v) is 2.38. The standard InChI is InChI=1S/C12H14O3/c1-8-3-9(6-13)4-10-5-11(7-14-2)15-12(8)10/h3-5,13H,6-7H2,1-2H3. The molecule has 2 rings (SSSR count). The van der Waals surface area contributed by atoms with Crippen molar-refractivity contribution in [2.45, 2.75) is 20.1 Å². The lowest BCUT2D eigenvalue weighted by Gasteiger charge is -1.99. The largest absolute Gasteiger partial charge is 0.458 e. The molecule has 1 aromatic carbocycles. The predicted molar refractivity (Wildman–Crippen MR) is 57.6 cm³/mol. The number of hydrogen-bond acceptors (Lipinski definition) is 3. The molecule has 15 heavy (non-hydrogen) atoms. The molecule has 0 amide bonds. The van der Waals surface area contributed by atoms with E-state index in [1.807, 2.05) is 25.1 Å². The molecule has 0 spiro atoms. The number of rotatable bonds is 3. The van der Waals surface area contributed by atoms with Gasteiger partial charge in [-0.2, -0.15) is 0 Å². The fourth-order valence-corrected chi connectivity index (χ4v) is 1.76. The van der Waals surface area contributed by atoms with Gasteiger partial charge < -0.3 is 14.3 Å². The van der Waals surface area contributed by atoms with Crippen molar-refractivity contribution in [1.29, 1.82) is 0 Å². The van der Waals surface area contributed by atoms with Gasteiger partial charge in [0, 0.05) is 12.5 Å². The molecule has 80 valence electrons. The van der Waals surface area contributed by atoms with Crippen molar-refractivity contribution in [3.63, 3.8) is 0 Å². The van der Waals surface area contributed by atoms with Gasteiger partial charge in [0.2, 0.25) is 0 Å². The zero-order chi connectivity index (χ0) is 10.8. The Hall–Kier alpha value is -1.32. The average molecular weight is 206 g/mol. The van der Waals surface area contributed by atoms with Crippen LogP contribution in [0.4, 0.5) is 0 Å². The van der Waals surface area contributed by atoms with E-state index >= 15 is 0 Å². The summed E-state index contributed by atoms with van der Waals surface area (Å²) in [7, 11) is 1.64. The first kappa shape index (κ1) is 10.2. The lowest BCUT2D eigenvalue weighted by Crippen LogP contribution is -1.84. The fraction of sp³-hybridized carbons (Fsp3) is 0.333. The van der Waals surface area contributed by atoms with Crippen LogP contribution >= 0.6 is 0 Å². The molecule has 0 aliphatic heterocycles. The molecule has 0 atom stereocenters. The minimum atomic E-state index is 0.0571. The third kappa shape index (κ3) is 1.89. The number of aryl methyl sites for hydroxylation is 1. The van der Waals surface area contributed by atoms with Crippen molar-refractivity contribution in [2.75, 3.05) is 7.11 Å². The van der Waals surface area contributed by atoms with Crippen LogP contribution < -0.4 is 0 Å². The molecule has 3 nitrogen and oxygen atoms in total. The van der Waals surface area contributed by atoms with Gasteiger partial charge in [0.15, 0.2) is 0 Å². The van der Waals surface area contributed by atoms with E-state index in [4.69, 9.17) is 14.3 Å². The van der Waals surface area contributed by atoms with Crippen molar-refractivity contribution in [3.8, 4) is 0 Å². The van der Waals surface area contributed by atoms with Crippen LogP contribution in [0.1, 0.15) is 16.9 Å². The lowest BCUT2D eigenvalue weighted by atomic mass is 10.1. The second-order valence-electron chi connectivity index (χ2n) is 3.63. The summed E-state index contributed by atoms with van der Waals surface area (Å²) in [5.41, 5.74) is 2.82. The van der Waals surface area contributed by atoms with Gasteiger partial charge in [-0.1, -0.05) is 6.07 Å². The van der Waals surface area contributed by atoms with Gasteiger partial charge in [-0.3, -0.25) is 0 Å². The second kappa shape index (κ2) is 4.04. The third-order valence-electron chi connectivity index (χ3n) is 2.38. The number of methoxy groups -OCH3 is 1. The number of aliphatic hydroxyl groups excluding tert-OH is 1. The number of fused-ring (bicyclic) bond motifs is 1. The topological polar surface area (TPSA) is 42.6 Å². The Morgan fingerprint density at radius 1 is 1.33 bits per heavy atom. The van der Waals surface area contributed by atoms with Crippen LogP contribution in [0.2, 0.25) is 0 Å². The summed E-state index contributed by atoms with van der Waals surface area (Å²) in [4.78, 5) is 0. The molecule has 0 unspecified atom stereocenters. The maximum absolute atomic E-state index is 9.08. The fourth-order valence-electron chi connectivity index (χ4n) is 1.76. The van der Waals surface area contributed by atoms with E-state index in [1.165, 1.54) is 0 Å². The molecule has 3 heteroatoms. The summed E-state index contributed by atoms with van der Waals surface area (Å²) in [5.74, 6) is 0.811. The maximum Gasteiger partial charge on any atom is 0.137 e. The van der Waals surface area contributed by atoms with Crippen LogP contribution in [0.15, 0.2) is 22.6 Å². The number of ether oxygens (including phenoxy) is 1. The molecule has 0 saturated carbocycles. The highest BCUT2D eigenvalue weighted by atomic mass is 16.5. The van der Waals surface area contributed by atoms with Gasteiger partial charge in [-0.15, -0.1) is 0 Å². The summed E-state index contributed by atoms with van der Waals surface area (Å²) < 4.78 is 10.6. The van der Waals surface area contributed by atoms with Crippen LogP contribution in [0.25, 0.3) is 11.0 Å². The number of furan rings is 1. The van der Waals surface area contributed by atoms with Gasteiger partial charge in [-0.05, 0) is 30.2 Å². The average Bonchev–Trinajstić information content (AvgIpc) is 2.61. The highest BCUT2D eigenvalue weighted by Gasteiger charge is 2.07. The monoisotopic (exact) mass is 206 g/mol. The van der Waals surface area contributed by atoms with Gasteiger partial charge in [0.25, 0.3) is 0 Å². The molecule has 0 fully saturated rings. The van der Waals surface area contributed by atoms with E-state index in [0.29, 0.717) is 6.61 Å². The van der Waals surface area contributed by atoms with E-state index in [2.05, 4.69) is 0 Å². The molecule has 1 heterocycles. The normalized spacial score (nSPS) is 11.1. The Morgan fingerprint density at radius 2 is 2.13 bits per heavy atom. The summed E-state index contributed by atoms with van der Waals surface area (Å²) >= 11 is 0. The molecule has 1 N–H and O–H groups in total. The van der Waals surface area contributed by atoms with Crippen molar-refractivity contribution >= 4 is 11.0 Å². The minimum Gasteiger partial charge on any atom is -0.458 e. The van der Waals surface area contributed by atoms with Crippen molar-refractivity contribution in [1.82, 2.24) is 0 Å². The lowest BCUT2D eigenvalue weighted by molar-refractivity contribution is 0.166. The van der Waals surface area contributed by atoms with Crippen molar-refractivity contribution in [2.24, 2.45) is 0 Å². The molecular formula is C12H14O3. The molecular weight excluding hydrogens is 192 g/mol. The zero-order valence-electron chi connectivity index (χ0n) is 8.91. The van der Waals surface area contributed by atoms with Crippen LogP contribution in [-0.4, -0.2) is 12.2 Å². The minimum absolute atomic E-state index is 0.0571. The Labute approximate surface area is 88.3 Å². The predicted octanol–water partition coefficient (Wildman–Crippen LogP) is 2.38. The summed E-state index contributed by atoms with van der Waals surface area (Å²) in [5, 5.41) is 10.1. The van der Waals surface area contributed by atoms with Gasteiger partial charge in [0.1, 0.15) is 18.0 Å². The Kier molecular flexibility index (Phi) is 2.75. The van der Waals surface area contributed by atoms with Crippen LogP contribution in [0.5, 0.6) is 0 Å². The highest BCUT2D eigenvalue weighted by Crippen LogP contribution is 2.25. The van der Waals surface area contributed by atoms with Gasteiger partial charge in [0.05, 0.1) is 6.61 Å². The molecule has 0 saturated heterocycles. The van der Waals surface area contributed by atoms with E-state index in [-0.39, 0.29) is 6.61 Å². The van der Waals surface area contributed by atoms with E-state index in [1.54, 1.807) is 7.11 Å². The second-order valence-corrected chi connectivity index (χ2v) is 3.63. The van der Waals surface area contributed by atoms with Crippen LogP contribution in [0, 0.1) is 6.92 Å². The first-order valence-electron chi connectivity index (χ1n) is 4.86. The van der Waals surface area contributed by atoms with E-state index in [0.717, 1.165) is 27.9 Å². The quantitative estimate of drug-likeness (QED) is 0.838. The molecule has 0 aliphatic rings. The summed E-state index contributed by atoms with van der Waals surface area (Å²) in [6.45, 7) is 2.51. The molecule has 0 radical (unpaired) electrons. The zero-order valence-corrected chi connectivity index (χ0v) is 8.91. The van der Waals surface area contributed by atoms with E-state index < -0.39 is 0 Å². The smallest absolute Gasteiger partial charge is 0.137 e. The van der Waals surface area contributed by atoms with Crippen molar-refractivity contribution < 1.29 is 14.3 Å². The maximum atomic E-state index is 9.08. The summed E-state index contributed by atoms with van der Waals surface area (Å²) in [6, 6.07) is 5.82. The number of aliphatic hydroxyl groups is 1. The molecule has 2 aromatic rings. The number of benzene rings is 1. The molecule has 1 aromatic heterocycles. The van der Waals surface area contributed by atoms with E-state index in [9.17, 15) is 0 Å². The SMILES string of the molecule is COCc1cc2cc(CO)cc(C)c2o1. The Bertz CT molecular complexity index is 471. The van der Waals surface area contributed by atoms with Crippen molar-refractivity contribution in [3.05, 3.63) is 35.1 Å².